The van der Waals surface area contributed by atoms with Gasteiger partial charge in [-0.3, -0.25) is 0 Å². The smallest absolute Gasteiger partial charge is 0.0623 e. The van der Waals surface area contributed by atoms with Gasteiger partial charge < -0.3 is 0 Å². The number of hydrogen-bond acceptors (Lipinski definition) is 0. The molecule has 0 aromatic heterocycles. The van der Waals surface area contributed by atoms with Gasteiger partial charge >= 0.3 is 0 Å². The predicted octanol–water partition coefficient (Wildman–Crippen LogP) is 12.9. The fourth-order valence-corrected chi connectivity index (χ4v) is 17.3. The summed E-state index contributed by atoms with van der Waals surface area (Å²) in [5, 5.41) is 16.5. The van der Waals surface area contributed by atoms with E-state index < -0.39 is 16.1 Å². The second-order valence-electron chi connectivity index (χ2n) is 17.5. The molecule has 0 atom stereocenters. The molecule has 0 nitrogen and oxygen atoms in total. The average Bonchev–Trinajstić information content (AvgIpc) is 3.65. The highest BCUT2D eigenvalue weighted by Crippen LogP contribution is 2.48. The molecule has 10 aromatic rings. The van der Waals surface area contributed by atoms with Gasteiger partial charge in [0.2, 0.25) is 0 Å². The summed E-state index contributed by atoms with van der Waals surface area (Å²) in [5.41, 5.74) is 13.5. The molecule has 0 saturated heterocycles. The first-order valence-electron chi connectivity index (χ1n) is 20.7. The maximum Gasteiger partial charge on any atom is 0.113 e. The second kappa shape index (κ2) is 12.1. The van der Waals surface area contributed by atoms with Gasteiger partial charge in [0.1, 0.15) is 16.1 Å². The molecule has 2 aliphatic heterocycles. The van der Waals surface area contributed by atoms with Crippen molar-refractivity contribution in [2.75, 3.05) is 0 Å². The van der Waals surface area contributed by atoms with Gasteiger partial charge in [-0.25, -0.2) is 0 Å². The van der Waals surface area contributed by atoms with Gasteiger partial charge in [-0.05, 0) is 132 Å². The minimum absolute atomic E-state index is 1.27. The van der Waals surface area contributed by atoms with E-state index in [1.54, 1.807) is 10.4 Å². The quantitative estimate of drug-likeness (QED) is 0.0953. The maximum absolute atomic E-state index is 2.55. The van der Waals surface area contributed by atoms with Gasteiger partial charge in [0, 0.05) is 0 Å². The molecule has 0 aliphatic carbocycles. The lowest BCUT2D eigenvalue weighted by Gasteiger charge is -2.22. The lowest BCUT2D eigenvalue weighted by molar-refractivity contribution is 1.64. The fourth-order valence-electron chi connectivity index (χ4n) is 11.1. The molecular weight excluding hydrogens is 729 g/mol. The molecule has 12 rings (SSSR count). The van der Waals surface area contributed by atoms with Crippen LogP contribution in [0.2, 0.25) is 26.2 Å². The van der Waals surface area contributed by atoms with E-state index in [2.05, 4.69) is 208 Å². The van der Waals surface area contributed by atoms with Crippen LogP contribution in [-0.2, 0) is 0 Å². The number of fused-ring (bicyclic) bond motifs is 11. The highest BCUT2D eigenvalue weighted by atomic mass is 28.3. The first kappa shape index (κ1) is 33.8. The standard InChI is InChI=1S/C56H42Si2/c1-57(2)50-29-11-9-21-45(50)55-41(27-15-31-52(55)57)39-23-13-25-43-47(39)34-48-40(42-28-16-32-53-56(42)46-22-10-12-30-51(46)58(53,3)4)24-14-26-44(48)54(43)49-33-35-17-5-6-18-36(35)37-19-7-8-20-38(37)49/h5-34H,1-4H3. The third-order valence-corrected chi connectivity index (χ3v) is 21.0. The Morgan fingerprint density at radius 1 is 0.241 bits per heavy atom. The monoisotopic (exact) mass is 770 g/mol. The summed E-state index contributed by atoms with van der Waals surface area (Å²) in [7, 11) is -3.76. The molecule has 0 bridgehead atoms. The third-order valence-electron chi connectivity index (χ3n) is 13.9. The molecule has 0 N–H and O–H groups in total. The highest BCUT2D eigenvalue weighted by Gasteiger charge is 2.40. The Bertz CT molecular complexity index is 3240. The molecule has 274 valence electrons. The van der Waals surface area contributed by atoms with E-state index >= 15 is 0 Å². The number of rotatable bonds is 3. The van der Waals surface area contributed by atoms with E-state index in [1.807, 2.05) is 0 Å². The van der Waals surface area contributed by atoms with Gasteiger partial charge in [0.05, 0.1) is 0 Å². The van der Waals surface area contributed by atoms with Crippen LogP contribution < -0.4 is 20.7 Å². The van der Waals surface area contributed by atoms with Crippen LogP contribution >= 0.6 is 0 Å². The normalized spacial score (nSPS) is 14.5. The summed E-state index contributed by atoms with van der Waals surface area (Å²) in [5.74, 6) is 0. The van der Waals surface area contributed by atoms with Gasteiger partial charge in [-0.2, -0.15) is 0 Å². The van der Waals surface area contributed by atoms with Crippen LogP contribution in [0.5, 0.6) is 0 Å². The summed E-state index contributed by atoms with van der Waals surface area (Å²) in [6, 6.07) is 69.7. The molecule has 0 amide bonds. The van der Waals surface area contributed by atoms with E-state index in [0.29, 0.717) is 0 Å². The topological polar surface area (TPSA) is 0 Å². The SMILES string of the molecule is C[Si]1(C)c2ccccc2-c2c(-c3cccc4c(-c5cc6ccccc6c6ccccc56)c5cccc(-c6cccc7c6-c6ccccc6[Si]7(C)C)c5cc34)cccc21. The molecular formula is C56H42Si2. The van der Waals surface area contributed by atoms with Crippen LogP contribution in [0, 0.1) is 0 Å². The van der Waals surface area contributed by atoms with Crippen molar-refractivity contribution < 1.29 is 0 Å². The van der Waals surface area contributed by atoms with Gasteiger partial charge in [0.15, 0.2) is 0 Å². The molecule has 2 heterocycles. The van der Waals surface area contributed by atoms with Crippen LogP contribution in [0.3, 0.4) is 0 Å². The zero-order valence-corrected chi connectivity index (χ0v) is 35.3. The summed E-state index contributed by atoms with van der Waals surface area (Å²) >= 11 is 0. The molecule has 0 saturated carbocycles. The maximum atomic E-state index is 2.55. The highest BCUT2D eigenvalue weighted by molar-refractivity contribution is 7.04. The van der Waals surface area contributed by atoms with Crippen molar-refractivity contribution in [2.45, 2.75) is 26.2 Å². The van der Waals surface area contributed by atoms with Crippen molar-refractivity contribution in [3.8, 4) is 55.6 Å². The Balaban J connectivity index is 1.25. The van der Waals surface area contributed by atoms with Crippen molar-refractivity contribution >= 4 is 80.0 Å². The van der Waals surface area contributed by atoms with E-state index in [4.69, 9.17) is 0 Å². The second-order valence-corrected chi connectivity index (χ2v) is 26.2. The van der Waals surface area contributed by atoms with E-state index in [0.717, 1.165) is 0 Å². The van der Waals surface area contributed by atoms with Crippen molar-refractivity contribution in [1.82, 2.24) is 0 Å². The third kappa shape index (κ3) is 4.50. The molecule has 0 spiro atoms. The molecule has 0 unspecified atom stereocenters. The van der Waals surface area contributed by atoms with Crippen LogP contribution in [0.4, 0.5) is 0 Å². The van der Waals surface area contributed by atoms with Crippen molar-refractivity contribution in [1.29, 1.82) is 0 Å². The van der Waals surface area contributed by atoms with Gasteiger partial charge in [-0.1, -0.05) is 196 Å². The zero-order valence-electron chi connectivity index (χ0n) is 33.3. The zero-order chi connectivity index (χ0) is 38.9. The number of benzene rings is 10. The lowest BCUT2D eigenvalue weighted by Crippen LogP contribution is -2.49. The Morgan fingerprint density at radius 2 is 0.638 bits per heavy atom. The van der Waals surface area contributed by atoms with E-state index in [-0.39, 0.29) is 0 Å². The van der Waals surface area contributed by atoms with Crippen LogP contribution in [-0.4, -0.2) is 16.1 Å². The van der Waals surface area contributed by atoms with Crippen molar-refractivity contribution in [3.05, 3.63) is 182 Å². The van der Waals surface area contributed by atoms with Crippen molar-refractivity contribution in [2.24, 2.45) is 0 Å². The molecule has 10 aromatic carbocycles. The van der Waals surface area contributed by atoms with Gasteiger partial charge in [-0.15, -0.1) is 0 Å². The fraction of sp³-hybridized carbons (Fsp3) is 0.0714. The average molecular weight is 771 g/mol. The summed E-state index contributed by atoms with van der Waals surface area (Å²) < 4.78 is 0. The summed E-state index contributed by atoms with van der Waals surface area (Å²) in [6.07, 6.45) is 0. The number of hydrogen-bond donors (Lipinski definition) is 0. The van der Waals surface area contributed by atoms with Crippen molar-refractivity contribution in [3.63, 3.8) is 0 Å². The van der Waals surface area contributed by atoms with E-state index in [9.17, 15) is 0 Å². The first-order chi connectivity index (χ1) is 28.3. The van der Waals surface area contributed by atoms with Gasteiger partial charge in [0.25, 0.3) is 0 Å². The Kier molecular flexibility index (Phi) is 7.04. The molecule has 2 aliphatic rings. The Labute approximate surface area is 342 Å². The lowest BCUT2D eigenvalue weighted by atomic mass is 9.82. The Morgan fingerprint density at radius 3 is 1.21 bits per heavy atom. The largest absolute Gasteiger partial charge is 0.113 e. The summed E-state index contributed by atoms with van der Waals surface area (Å²) in [6.45, 7) is 10.1. The minimum atomic E-state index is -1.88. The molecule has 58 heavy (non-hydrogen) atoms. The minimum Gasteiger partial charge on any atom is -0.0623 e. The van der Waals surface area contributed by atoms with E-state index in [1.165, 1.54) is 109 Å². The molecule has 2 heteroatoms. The molecule has 0 fully saturated rings. The van der Waals surface area contributed by atoms with Crippen LogP contribution in [0.25, 0.3) is 98.7 Å². The predicted molar refractivity (Wildman–Crippen MR) is 257 cm³/mol. The summed E-state index contributed by atoms with van der Waals surface area (Å²) in [4.78, 5) is 0. The van der Waals surface area contributed by atoms with Crippen LogP contribution in [0.1, 0.15) is 0 Å². The Hall–Kier alpha value is -6.33. The first-order valence-corrected chi connectivity index (χ1v) is 26.7. The molecule has 0 radical (unpaired) electrons. The van der Waals surface area contributed by atoms with Crippen LogP contribution in [0.15, 0.2) is 182 Å².